The van der Waals surface area contributed by atoms with Gasteiger partial charge in [-0.3, -0.25) is 0 Å². The van der Waals surface area contributed by atoms with Crippen molar-refractivity contribution in [3.05, 3.63) is 54.6 Å². The summed E-state index contributed by atoms with van der Waals surface area (Å²) in [6, 6.07) is 6.28. The first-order valence-electron chi connectivity index (χ1n) is 6.38. The highest BCUT2D eigenvalue weighted by Crippen LogP contribution is 2.32. The third-order valence-electron chi connectivity index (χ3n) is 2.96. The van der Waals surface area contributed by atoms with Crippen LogP contribution in [0, 0.1) is 0 Å². The van der Waals surface area contributed by atoms with Crippen molar-refractivity contribution in [3.8, 4) is 0 Å². The molecule has 0 saturated carbocycles. The predicted molar refractivity (Wildman–Crippen MR) is 70.1 cm³/mol. The minimum Gasteiger partial charge on any atom is -0.337 e. The SMILES string of the molecule is FC(F)(F)[C@H](NCCCn1ccnc1)c1ccccc1. The Morgan fingerprint density at radius 1 is 1.20 bits per heavy atom. The summed E-state index contributed by atoms with van der Waals surface area (Å²) in [5.74, 6) is 0. The minimum atomic E-state index is -4.30. The molecule has 0 bridgehead atoms. The Morgan fingerprint density at radius 2 is 1.95 bits per heavy atom. The van der Waals surface area contributed by atoms with Crippen molar-refractivity contribution in [2.45, 2.75) is 25.2 Å². The summed E-state index contributed by atoms with van der Waals surface area (Å²) < 4.78 is 40.9. The maximum absolute atomic E-state index is 13.0. The molecule has 2 rings (SSSR count). The zero-order valence-corrected chi connectivity index (χ0v) is 10.8. The molecule has 3 nitrogen and oxygen atoms in total. The van der Waals surface area contributed by atoms with Gasteiger partial charge in [0.1, 0.15) is 6.04 Å². The zero-order chi connectivity index (χ0) is 14.4. The molecule has 2 aromatic rings. The molecule has 108 valence electrons. The van der Waals surface area contributed by atoms with Crippen LogP contribution in [0.25, 0.3) is 0 Å². The van der Waals surface area contributed by atoms with Gasteiger partial charge in [-0.2, -0.15) is 13.2 Å². The molecule has 0 radical (unpaired) electrons. The minimum absolute atomic E-state index is 0.239. The predicted octanol–water partition coefficient (Wildman–Crippen LogP) is 3.17. The average Bonchev–Trinajstić information content (AvgIpc) is 2.91. The number of rotatable bonds is 6. The molecule has 6 heteroatoms. The lowest BCUT2D eigenvalue weighted by Gasteiger charge is -2.22. The van der Waals surface area contributed by atoms with Gasteiger partial charge in [0.15, 0.2) is 0 Å². The monoisotopic (exact) mass is 283 g/mol. The lowest BCUT2D eigenvalue weighted by Crippen LogP contribution is -2.35. The first-order valence-corrected chi connectivity index (χ1v) is 6.38. The van der Waals surface area contributed by atoms with Gasteiger partial charge in [-0.15, -0.1) is 0 Å². The number of nitrogens with zero attached hydrogens (tertiary/aromatic N) is 2. The van der Waals surface area contributed by atoms with Crippen LogP contribution in [0.1, 0.15) is 18.0 Å². The van der Waals surface area contributed by atoms with Crippen molar-refractivity contribution >= 4 is 0 Å². The Kier molecular flexibility index (Phi) is 4.79. The molecule has 0 fully saturated rings. The Labute approximate surface area is 115 Å². The van der Waals surface area contributed by atoms with E-state index in [-0.39, 0.29) is 12.1 Å². The molecule has 0 saturated heterocycles. The molecule has 1 aromatic carbocycles. The van der Waals surface area contributed by atoms with Crippen LogP contribution < -0.4 is 5.32 Å². The van der Waals surface area contributed by atoms with Gasteiger partial charge in [0.05, 0.1) is 6.33 Å². The third kappa shape index (κ3) is 4.09. The van der Waals surface area contributed by atoms with Gasteiger partial charge in [0.25, 0.3) is 0 Å². The summed E-state index contributed by atoms with van der Waals surface area (Å²) >= 11 is 0. The first kappa shape index (κ1) is 14.6. The Hall–Kier alpha value is -1.82. The van der Waals surface area contributed by atoms with E-state index in [1.807, 2.05) is 4.57 Å². The molecule has 0 aliphatic heterocycles. The summed E-state index contributed by atoms with van der Waals surface area (Å²) in [7, 11) is 0. The lowest BCUT2D eigenvalue weighted by molar-refractivity contribution is -0.157. The Balaban J connectivity index is 1.89. The van der Waals surface area contributed by atoms with Gasteiger partial charge in [-0.25, -0.2) is 4.98 Å². The van der Waals surface area contributed by atoms with E-state index in [9.17, 15) is 13.2 Å². The first-order chi connectivity index (χ1) is 9.57. The standard InChI is InChI=1S/C14H16F3N3/c15-14(16,17)13(12-5-2-1-3-6-12)19-7-4-9-20-10-8-18-11-20/h1-3,5-6,8,10-11,13,19H,4,7,9H2/t13-/m1/s1. The fraction of sp³-hybridized carbons (Fsp3) is 0.357. The van der Waals surface area contributed by atoms with Crippen molar-refractivity contribution in [1.29, 1.82) is 0 Å². The maximum Gasteiger partial charge on any atom is 0.407 e. The van der Waals surface area contributed by atoms with Crippen LogP contribution in [0.2, 0.25) is 0 Å². The van der Waals surface area contributed by atoms with Crippen molar-refractivity contribution < 1.29 is 13.2 Å². The molecule has 1 N–H and O–H groups in total. The van der Waals surface area contributed by atoms with E-state index >= 15 is 0 Å². The highest BCUT2D eigenvalue weighted by Gasteiger charge is 2.40. The molecule has 0 amide bonds. The highest BCUT2D eigenvalue weighted by atomic mass is 19.4. The molecular formula is C14H16F3N3. The maximum atomic E-state index is 13.0. The van der Waals surface area contributed by atoms with Gasteiger partial charge < -0.3 is 9.88 Å². The molecule has 20 heavy (non-hydrogen) atoms. The van der Waals surface area contributed by atoms with Gasteiger partial charge in [-0.05, 0) is 18.5 Å². The van der Waals surface area contributed by atoms with Crippen LogP contribution in [0.4, 0.5) is 13.2 Å². The number of alkyl halides is 3. The van der Waals surface area contributed by atoms with Crippen molar-refractivity contribution in [3.63, 3.8) is 0 Å². The molecule has 0 unspecified atom stereocenters. The molecule has 1 heterocycles. The summed E-state index contributed by atoms with van der Waals surface area (Å²) in [5, 5.41) is 2.58. The summed E-state index contributed by atoms with van der Waals surface area (Å²) in [6.45, 7) is 0.934. The van der Waals surface area contributed by atoms with E-state index in [1.54, 1.807) is 36.9 Å². The topological polar surface area (TPSA) is 29.9 Å². The summed E-state index contributed by atoms with van der Waals surface area (Å²) in [6.07, 6.45) is 1.40. The van der Waals surface area contributed by atoms with Crippen LogP contribution >= 0.6 is 0 Å². The highest BCUT2D eigenvalue weighted by molar-refractivity contribution is 5.20. The number of aryl methyl sites for hydroxylation is 1. The number of imidazole rings is 1. The lowest BCUT2D eigenvalue weighted by atomic mass is 10.1. The van der Waals surface area contributed by atoms with Crippen molar-refractivity contribution in [2.75, 3.05) is 6.54 Å². The van der Waals surface area contributed by atoms with Crippen LogP contribution in [0.5, 0.6) is 0 Å². The van der Waals surface area contributed by atoms with Gasteiger partial charge in [0.2, 0.25) is 0 Å². The van der Waals surface area contributed by atoms with Crippen LogP contribution in [-0.2, 0) is 6.54 Å². The summed E-state index contributed by atoms with van der Waals surface area (Å²) in [5.41, 5.74) is 0.239. The van der Waals surface area contributed by atoms with Gasteiger partial charge >= 0.3 is 6.18 Å². The fourth-order valence-corrected chi connectivity index (χ4v) is 2.00. The normalized spacial score (nSPS) is 13.3. The Bertz CT molecular complexity index is 494. The number of halogens is 3. The second-order valence-corrected chi connectivity index (χ2v) is 4.49. The number of hydrogen-bond acceptors (Lipinski definition) is 2. The van der Waals surface area contributed by atoms with E-state index in [1.165, 1.54) is 12.1 Å². The average molecular weight is 283 g/mol. The zero-order valence-electron chi connectivity index (χ0n) is 10.8. The Morgan fingerprint density at radius 3 is 2.55 bits per heavy atom. The van der Waals surface area contributed by atoms with Crippen LogP contribution in [-0.4, -0.2) is 22.3 Å². The quantitative estimate of drug-likeness (QED) is 0.825. The van der Waals surface area contributed by atoms with Crippen LogP contribution in [0.3, 0.4) is 0 Å². The van der Waals surface area contributed by atoms with E-state index in [0.29, 0.717) is 13.0 Å². The van der Waals surface area contributed by atoms with E-state index in [2.05, 4.69) is 10.3 Å². The second kappa shape index (κ2) is 6.56. The number of nitrogens with one attached hydrogen (secondary N) is 1. The van der Waals surface area contributed by atoms with E-state index in [4.69, 9.17) is 0 Å². The van der Waals surface area contributed by atoms with E-state index < -0.39 is 12.2 Å². The molecular weight excluding hydrogens is 267 g/mol. The van der Waals surface area contributed by atoms with Gasteiger partial charge in [-0.1, -0.05) is 30.3 Å². The van der Waals surface area contributed by atoms with E-state index in [0.717, 1.165) is 0 Å². The second-order valence-electron chi connectivity index (χ2n) is 4.49. The van der Waals surface area contributed by atoms with Gasteiger partial charge in [0, 0.05) is 18.9 Å². The molecule has 0 spiro atoms. The molecule has 1 aromatic heterocycles. The largest absolute Gasteiger partial charge is 0.407 e. The molecule has 1 atom stereocenters. The summed E-state index contributed by atoms with van der Waals surface area (Å²) in [4.78, 5) is 3.89. The number of benzene rings is 1. The fourth-order valence-electron chi connectivity index (χ4n) is 2.00. The van der Waals surface area contributed by atoms with Crippen molar-refractivity contribution in [2.24, 2.45) is 0 Å². The molecule has 0 aliphatic carbocycles. The van der Waals surface area contributed by atoms with Crippen molar-refractivity contribution in [1.82, 2.24) is 14.9 Å². The number of aromatic nitrogens is 2. The smallest absolute Gasteiger partial charge is 0.337 e. The third-order valence-corrected chi connectivity index (χ3v) is 2.96. The van der Waals surface area contributed by atoms with Crippen LogP contribution in [0.15, 0.2) is 49.1 Å². The molecule has 0 aliphatic rings. The number of hydrogen-bond donors (Lipinski definition) is 1.